The predicted octanol–water partition coefficient (Wildman–Crippen LogP) is 3.61. The van der Waals surface area contributed by atoms with Gasteiger partial charge >= 0.3 is 0 Å². The summed E-state index contributed by atoms with van der Waals surface area (Å²) in [5, 5.41) is 5.87. The molecule has 33 heavy (non-hydrogen) atoms. The van der Waals surface area contributed by atoms with E-state index in [-0.39, 0.29) is 23.8 Å². The van der Waals surface area contributed by atoms with Crippen molar-refractivity contribution in [3.63, 3.8) is 0 Å². The van der Waals surface area contributed by atoms with E-state index < -0.39 is 0 Å². The predicted molar refractivity (Wildman–Crippen MR) is 126 cm³/mol. The second-order valence-corrected chi connectivity index (χ2v) is 8.76. The number of carbonyl (C=O) groups is 3. The number of nitrogens with zero attached hydrogens (tertiary/aromatic N) is 3. The third kappa shape index (κ3) is 3.97. The Morgan fingerprint density at radius 3 is 2.52 bits per heavy atom. The average molecular weight is 446 g/mol. The third-order valence-corrected chi connectivity index (χ3v) is 6.47. The number of likely N-dealkylation sites (tertiary alicyclic amines) is 1. The normalized spacial score (nSPS) is 19.2. The second kappa shape index (κ2) is 8.69. The Labute approximate surface area is 192 Å². The molecule has 2 aromatic carbocycles. The number of nitrogens with one attached hydrogen (secondary N) is 2. The number of fused-ring (bicyclic) bond motifs is 5. The third-order valence-electron chi connectivity index (χ3n) is 6.47. The van der Waals surface area contributed by atoms with E-state index >= 15 is 0 Å². The van der Waals surface area contributed by atoms with Gasteiger partial charge in [0.15, 0.2) is 0 Å². The number of rotatable bonds is 1. The van der Waals surface area contributed by atoms with Crippen LogP contribution in [0.15, 0.2) is 42.5 Å². The highest BCUT2D eigenvalue weighted by molar-refractivity contribution is 6.08. The van der Waals surface area contributed by atoms with Gasteiger partial charge in [0, 0.05) is 36.8 Å². The fourth-order valence-electron chi connectivity index (χ4n) is 4.50. The van der Waals surface area contributed by atoms with Gasteiger partial charge in [-0.2, -0.15) is 0 Å². The van der Waals surface area contributed by atoms with Crippen LogP contribution in [0.4, 0.5) is 5.95 Å². The van der Waals surface area contributed by atoms with Crippen molar-refractivity contribution < 1.29 is 14.4 Å². The summed E-state index contributed by atoms with van der Waals surface area (Å²) in [5.41, 5.74) is 2.87. The molecule has 1 aromatic heterocycles. The first-order valence-corrected chi connectivity index (χ1v) is 11.5. The van der Waals surface area contributed by atoms with E-state index in [1.165, 1.54) is 0 Å². The van der Waals surface area contributed by atoms with E-state index in [0.29, 0.717) is 34.7 Å². The first kappa shape index (κ1) is 21.2. The summed E-state index contributed by atoms with van der Waals surface area (Å²) in [6.45, 7) is 4.18. The van der Waals surface area contributed by atoms with Gasteiger partial charge in [0.05, 0.1) is 16.6 Å². The molecule has 1 unspecified atom stereocenters. The molecule has 0 radical (unpaired) electrons. The number of hydrogen-bond donors (Lipinski definition) is 2. The van der Waals surface area contributed by atoms with Gasteiger partial charge in [-0.05, 0) is 62.9 Å². The Hall–Kier alpha value is -3.68. The number of imidazole rings is 1. The Morgan fingerprint density at radius 2 is 1.76 bits per heavy atom. The SMILES string of the molecule is CC1CCCCNC(=O)c2cccc(c2)C(=O)Nc2nc3cccc(C(=O)N4CCC4)c3n21. The van der Waals surface area contributed by atoms with Gasteiger partial charge in [-0.25, -0.2) is 4.98 Å². The van der Waals surface area contributed by atoms with Crippen LogP contribution in [0.1, 0.15) is 69.7 Å². The van der Waals surface area contributed by atoms with E-state index in [9.17, 15) is 14.4 Å². The van der Waals surface area contributed by atoms with Gasteiger partial charge in [0.25, 0.3) is 17.7 Å². The van der Waals surface area contributed by atoms with E-state index in [4.69, 9.17) is 4.98 Å². The minimum absolute atomic E-state index is 0.000571. The molecule has 2 bridgehead atoms. The summed E-state index contributed by atoms with van der Waals surface area (Å²) in [6.07, 6.45) is 3.57. The lowest BCUT2D eigenvalue weighted by molar-refractivity contribution is 0.0653. The highest BCUT2D eigenvalue weighted by Gasteiger charge is 2.27. The number of aromatic nitrogens is 2. The molecule has 3 aromatic rings. The minimum atomic E-state index is -0.346. The van der Waals surface area contributed by atoms with Crippen LogP contribution < -0.4 is 10.6 Å². The van der Waals surface area contributed by atoms with Gasteiger partial charge in [0.1, 0.15) is 0 Å². The molecule has 3 amide bonds. The molecular formula is C25H27N5O3. The van der Waals surface area contributed by atoms with Gasteiger partial charge in [-0.3, -0.25) is 19.7 Å². The van der Waals surface area contributed by atoms with Crippen molar-refractivity contribution in [3.8, 4) is 0 Å². The molecule has 2 aliphatic heterocycles. The molecule has 170 valence electrons. The lowest BCUT2D eigenvalue weighted by Gasteiger charge is -2.31. The van der Waals surface area contributed by atoms with Gasteiger partial charge < -0.3 is 14.8 Å². The Bertz CT molecular complexity index is 1240. The van der Waals surface area contributed by atoms with Crippen LogP contribution in [0.5, 0.6) is 0 Å². The first-order chi connectivity index (χ1) is 16.0. The van der Waals surface area contributed by atoms with Crippen LogP contribution in [-0.2, 0) is 0 Å². The summed E-state index contributed by atoms with van der Waals surface area (Å²) < 4.78 is 1.99. The quantitative estimate of drug-likeness (QED) is 0.598. The highest BCUT2D eigenvalue weighted by atomic mass is 16.2. The summed E-state index contributed by atoms with van der Waals surface area (Å²) in [6, 6.07) is 12.2. The molecule has 2 aliphatic rings. The van der Waals surface area contributed by atoms with Crippen LogP contribution in [0, 0.1) is 0 Å². The average Bonchev–Trinajstić information content (AvgIpc) is 3.14. The van der Waals surface area contributed by atoms with E-state index in [0.717, 1.165) is 44.3 Å². The molecule has 8 heteroatoms. The Kier molecular flexibility index (Phi) is 5.58. The Morgan fingerprint density at radius 1 is 1.00 bits per heavy atom. The molecule has 1 atom stereocenters. The minimum Gasteiger partial charge on any atom is -0.352 e. The Balaban J connectivity index is 1.61. The maximum absolute atomic E-state index is 13.2. The van der Waals surface area contributed by atoms with Crippen LogP contribution >= 0.6 is 0 Å². The van der Waals surface area contributed by atoms with Crippen molar-refractivity contribution in [2.75, 3.05) is 25.0 Å². The molecule has 5 rings (SSSR count). The lowest BCUT2D eigenvalue weighted by atomic mass is 10.1. The first-order valence-electron chi connectivity index (χ1n) is 11.5. The molecular weight excluding hydrogens is 418 g/mol. The zero-order valence-electron chi connectivity index (χ0n) is 18.6. The molecule has 1 saturated heterocycles. The van der Waals surface area contributed by atoms with Crippen molar-refractivity contribution >= 4 is 34.7 Å². The van der Waals surface area contributed by atoms with Crippen LogP contribution in [0.25, 0.3) is 11.0 Å². The van der Waals surface area contributed by atoms with Gasteiger partial charge in [0.2, 0.25) is 5.95 Å². The summed E-state index contributed by atoms with van der Waals surface area (Å²) in [5.74, 6) is -0.113. The van der Waals surface area contributed by atoms with E-state index in [1.54, 1.807) is 24.3 Å². The van der Waals surface area contributed by atoms with Crippen LogP contribution in [0.2, 0.25) is 0 Å². The largest absolute Gasteiger partial charge is 0.352 e. The maximum Gasteiger partial charge on any atom is 0.257 e. The topological polar surface area (TPSA) is 96.3 Å². The number of amides is 3. The van der Waals surface area contributed by atoms with Crippen molar-refractivity contribution in [3.05, 3.63) is 59.2 Å². The number of para-hydroxylation sites is 1. The van der Waals surface area contributed by atoms with Gasteiger partial charge in [-0.15, -0.1) is 0 Å². The molecule has 8 nitrogen and oxygen atoms in total. The zero-order chi connectivity index (χ0) is 22.9. The fraction of sp³-hybridized carbons (Fsp3) is 0.360. The number of carbonyl (C=O) groups excluding carboxylic acids is 3. The molecule has 0 spiro atoms. The zero-order valence-corrected chi connectivity index (χ0v) is 18.6. The lowest BCUT2D eigenvalue weighted by Crippen LogP contribution is -2.42. The van der Waals surface area contributed by atoms with E-state index in [1.807, 2.05) is 27.7 Å². The molecule has 2 N–H and O–H groups in total. The maximum atomic E-state index is 13.2. The summed E-state index contributed by atoms with van der Waals surface area (Å²) >= 11 is 0. The second-order valence-electron chi connectivity index (χ2n) is 8.76. The smallest absolute Gasteiger partial charge is 0.257 e. The van der Waals surface area contributed by atoms with Crippen molar-refractivity contribution in [1.82, 2.24) is 19.8 Å². The summed E-state index contributed by atoms with van der Waals surface area (Å²) in [4.78, 5) is 45.2. The molecule has 0 saturated carbocycles. The van der Waals surface area contributed by atoms with Crippen LogP contribution in [0.3, 0.4) is 0 Å². The molecule has 3 heterocycles. The number of anilines is 1. The van der Waals surface area contributed by atoms with E-state index in [2.05, 4.69) is 17.6 Å². The molecule has 1 fully saturated rings. The summed E-state index contributed by atoms with van der Waals surface area (Å²) in [7, 11) is 0. The standard InChI is InChI=1S/C25H27N5O3/c1-16-7-2-3-12-26-22(31)17-8-4-9-18(15-17)23(32)28-25-27-20-11-5-10-19(21(20)30(16)25)24(33)29-13-6-14-29/h4-5,8-11,15-16H,2-3,6-7,12-14H2,1H3,(H,26,31)(H,27,28,32). The van der Waals surface area contributed by atoms with Gasteiger partial charge in [-0.1, -0.05) is 12.1 Å². The van der Waals surface area contributed by atoms with Crippen molar-refractivity contribution in [2.24, 2.45) is 0 Å². The fourth-order valence-corrected chi connectivity index (χ4v) is 4.50. The van der Waals surface area contributed by atoms with Crippen molar-refractivity contribution in [1.29, 1.82) is 0 Å². The number of hydrogen-bond acceptors (Lipinski definition) is 4. The van der Waals surface area contributed by atoms with Crippen LogP contribution in [-0.4, -0.2) is 51.8 Å². The highest BCUT2D eigenvalue weighted by Crippen LogP contribution is 2.31. The van der Waals surface area contributed by atoms with Crippen molar-refractivity contribution in [2.45, 2.75) is 38.6 Å². The molecule has 0 aliphatic carbocycles. The monoisotopic (exact) mass is 445 g/mol. The number of benzene rings is 2.